The molecule has 24 heavy (non-hydrogen) atoms. The van der Waals surface area contributed by atoms with Gasteiger partial charge in [0.25, 0.3) is 0 Å². The van der Waals surface area contributed by atoms with Crippen LogP contribution in [0.3, 0.4) is 0 Å². The second-order valence-electron chi connectivity index (χ2n) is 8.24. The Kier molecular flexibility index (Phi) is 5.25. The normalized spacial score (nSPS) is 12.2. The fourth-order valence-electron chi connectivity index (χ4n) is 3.71. The molecule has 0 aliphatic carbocycles. The van der Waals surface area contributed by atoms with E-state index in [1.807, 2.05) is 30.3 Å². The topological polar surface area (TPSA) is 9.23 Å². The first-order valence-electron chi connectivity index (χ1n) is 8.48. The summed E-state index contributed by atoms with van der Waals surface area (Å²) in [5, 5.41) is 1.32. The molecule has 0 saturated carbocycles. The lowest BCUT2D eigenvalue weighted by Crippen LogP contribution is -2.63. The van der Waals surface area contributed by atoms with Gasteiger partial charge in [0.1, 0.15) is 6.11 Å². The maximum atomic E-state index is 6.53. The van der Waals surface area contributed by atoms with Gasteiger partial charge in [-0.1, -0.05) is 90.1 Å². The predicted octanol–water partition coefficient (Wildman–Crippen LogP) is 5.47. The van der Waals surface area contributed by atoms with Crippen LogP contribution in [0.5, 0.6) is 0 Å². The van der Waals surface area contributed by atoms with Gasteiger partial charge in [-0.2, -0.15) is 0 Å². The third kappa shape index (κ3) is 3.57. The fraction of sp³-hybridized carbons (Fsp3) is 0.364. The van der Waals surface area contributed by atoms with E-state index in [1.165, 1.54) is 5.19 Å². The van der Waals surface area contributed by atoms with Crippen LogP contribution >= 0.6 is 0 Å². The van der Waals surface area contributed by atoms with Crippen molar-refractivity contribution >= 4 is 13.5 Å². The first-order valence-corrected chi connectivity index (χ1v) is 10.4. The minimum atomic E-state index is -2.40. The number of rotatable bonds is 2. The molecule has 0 aliphatic rings. The van der Waals surface area contributed by atoms with E-state index in [2.05, 4.69) is 83.9 Å². The summed E-state index contributed by atoms with van der Waals surface area (Å²) in [6.07, 6.45) is 3.07. The standard InChI is InChI=1S/C22H28OSi/c1-21(2,3)24(22(4,5)6,20-15-11-8-12-16-20)23-18-17-19-13-9-7-10-14-19/h7-16H,1-6H3. The summed E-state index contributed by atoms with van der Waals surface area (Å²) in [5.41, 5.74) is 0.983. The lowest BCUT2D eigenvalue weighted by Gasteiger charge is -2.48. The van der Waals surface area contributed by atoms with E-state index < -0.39 is 8.32 Å². The molecule has 0 unspecified atom stereocenters. The molecule has 2 rings (SSSR count). The smallest absolute Gasteiger partial charge is 0.306 e. The van der Waals surface area contributed by atoms with Gasteiger partial charge < -0.3 is 4.43 Å². The molecule has 126 valence electrons. The third-order valence-corrected chi connectivity index (χ3v) is 10.2. The minimum Gasteiger partial charge on any atom is -0.493 e. The van der Waals surface area contributed by atoms with Gasteiger partial charge in [-0.15, -0.1) is 0 Å². The molecule has 2 aromatic rings. The first-order chi connectivity index (χ1) is 11.2. The molecule has 0 spiro atoms. The lowest BCUT2D eigenvalue weighted by molar-refractivity contribution is 0.413. The fourth-order valence-corrected chi connectivity index (χ4v) is 9.29. The van der Waals surface area contributed by atoms with Crippen molar-refractivity contribution < 1.29 is 4.43 Å². The van der Waals surface area contributed by atoms with E-state index in [4.69, 9.17) is 4.43 Å². The summed E-state index contributed by atoms with van der Waals surface area (Å²) in [6.45, 7) is 13.7. The van der Waals surface area contributed by atoms with Gasteiger partial charge in [-0.05, 0) is 33.3 Å². The molecule has 1 nitrogen and oxygen atoms in total. The van der Waals surface area contributed by atoms with E-state index in [0.29, 0.717) is 0 Å². The zero-order valence-corrected chi connectivity index (χ0v) is 16.7. The molecular formula is C22H28OSi. The molecule has 0 heterocycles. The molecule has 0 bridgehead atoms. The summed E-state index contributed by atoms with van der Waals surface area (Å²) < 4.78 is 6.53. The van der Waals surface area contributed by atoms with Crippen LogP contribution in [0.1, 0.15) is 47.1 Å². The number of hydrogen-bond donors (Lipinski definition) is 0. The molecule has 0 N–H and O–H groups in total. The van der Waals surface area contributed by atoms with E-state index in [-0.39, 0.29) is 10.1 Å². The minimum absolute atomic E-state index is 0.0119. The van der Waals surface area contributed by atoms with Crippen molar-refractivity contribution in [1.82, 2.24) is 0 Å². The average Bonchev–Trinajstić information content (AvgIpc) is 2.51. The Bertz CT molecular complexity index is 696. The van der Waals surface area contributed by atoms with E-state index in [1.54, 1.807) is 0 Å². The molecular weight excluding hydrogens is 308 g/mol. The van der Waals surface area contributed by atoms with Crippen molar-refractivity contribution in [1.29, 1.82) is 0 Å². The molecule has 0 amide bonds. The van der Waals surface area contributed by atoms with Gasteiger partial charge in [0.2, 0.25) is 0 Å². The maximum Gasteiger partial charge on any atom is 0.306 e. The molecule has 2 heteroatoms. The maximum absolute atomic E-state index is 6.53. The van der Waals surface area contributed by atoms with Gasteiger partial charge in [0.05, 0.1) is 0 Å². The molecule has 0 aromatic heterocycles. The summed E-state index contributed by atoms with van der Waals surface area (Å²) in [7, 11) is -2.40. The highest BCUT2D eigenvalue weighted by Crippen LogP contribution is 2.51. The first kappa shape index (κ1) is 18.4. The SMILES string of the molecule is CC(C)(C)[Si](OC#Cc1ccccc1)(c1ccccc1)C(C)(C)C. The predicted molar refractivity (Wildman–Crippen MR) is 106 cm³/mol. The summed E-state index contributed by atoms with van der Waals surface area (Å²) in [4.78, 5) is 0. The summed E-state index contributed by atoms with van der Waals surface area (Å²) >= 11 is 0. The molecule has 0 saturated heterocycles. The second-order valence-corrected chi connectivity index (χ2v) is 13.4. The van der Waals surface area contributed by atoms with Crippen LogP contribution < -0.4 is 5.19 Å². The highest BCUT2D eigenvalue weighted by molar-refractivity contribution is 6.91. The van der Waals surface area contributed by atoms with Gasteiger partial charge in [-0.3, -0.25) is 0 Å². The van der Waals surface area contributed by atoms with Crippen molar-refractivity contribution in [3.8, 4) is 12.0 Å². The Balaban J connectivity index is 2.53. The van der Waals surface area contributed by atoms with Crippen LogP contribution in [0.25, 0.3) is 0 Å². The summed E-state index contributed by atoms with van der Waals surface area (Å²) in [5.74, 6) is 3.18. The molecule has 0 aliphatic heterocycles. The van der Waals surface area contributed by atoms with Crippen molar-refractivity contribution in [2.75, 3.05) is 0 Å². The third-order valence-electron chi connectivity index (χ3n) is 4.47. The zero-order valence-electron chi connectivity index (χ0n) is 15.7. The Hall–Kier alpha value is -1.98. The van der Waals surface area contributed by atoms with Gasteiger partial charge in [0.15, 0.2) is 0 Å². The summed E-state index contributed by atoms with van der Waals surface area (Å²) in [6, 6.07) is 20.7. The van der Waals surface area contributed by atoms with Crippen LogP contribution in [0.4, 0.5) is 0 Å². The highest BCUT2D eigenvalue weighted by Gasteiger charge is 2.58. The number of hydrogen-bond acceptors (Lipinski definition) is 1. The Morgan fingerprint density at radius 2 is 1.17 bits per heavy atom. The molecule has 0 fully saturated rings. The van der Waals surface area contributed by atoms with E-state index in [0.717, 1.165) is 5.56 Å². The van der Waals surface area contributed by atoms with Crippen molar-refractivity contribution in [2.45, 2.75) is 51.6 Å². The monoisotopic (exact) mass is 336 g/mol. The van der Waals surface area contributed by atoms with Crippen molar-refractivity contribution in [2.24, 2.45) is 0 Å². The second kappa shape index (κ2) is 6.87. The number of benzene rings is 2. The lowest BCUT2D eigenvalue weighted by atomic mass is 10.2. The molecule has 0 radical (unpaired) electrons. The van der Waals surface area contributed by atoms with E-state index >= 15 is 0 Å². The van der Waals surface area contributed by atoms with Crippen molar-refractivity contribution in [3.63, 3.8) is 0 Å². The highest BCUT2D eigenvalue weighted by atomic mass is 28.4. The molecule has 0 atom stereocenters. The van der Waals surface area contributed by atoms with Gasteiger partial charge in [0, 0.05) is 5.56 Å². The van der Waals surface area contributed by atoms with Crippen LogP contribution in [0.15, 0.2) is 60.7 Å². The van der Waals surface area contributed by atoms with Crippen LogP contribution in [0, 0.1) is 12.0 Å². The van der Waals surface area contributed by atoms with Crippen LogP contribution in [-0.2, 0) is 4.43 Å². The van der Waals surface area contributed by atoms with Crippen LogP contribution in [-0.4, -0.2) is 8.32 Å². The molecule has 2 aromatic carbocycles. The zero-order chi connectivity index (χ0) is 17.8. The average molecular weight is 337 g/mol. The Morgan fingerprint density at radius 1 is 0.708 bits per heavy atom. The Labute approximate surface area is 148 Å². The largest absolute Gasteiger partial charge is 0.493 e. The van der Waals surface area contributed by atoms with Crippen molar-refractivity contribution in [3.05, 3.63) is 66.2 Å². The van der Waals surface area contributed by atoms with E-state index in [9.17, 15) is 0 Å². The Morgan fingerprint density at radius 3 is 1.62 bits per heavy atom. The van der Waals surface area contributed by atoms with Gasteiger partial charge >= 0.3 is 8.32 Å². The van der Waals surface area contributed by atoms with Gasteiger partial charge in [-0.25, -0.2) is 0 Å². The quantitative estimate of drug-likeness (QED) is 0.522. The van der Waals surface area contributed by atoms with Crippen LogP contribution in [0.2, 0.25) is 10.1 Å².